The lowest BCUT2D eigenvalue weighted by atomic mass is 9.91. The number of aryl methyl sites for hydroxylation is 1. The molecule has 0 saturated carbocycles. The maximum Gasteiger partial charge on any atom is 0.225 e. The lowest BCUT2D eigenvalue weighted by Crippen LogP contribution is -2.46. The largest absolute Gasteiger partial charge is 0.354 e. The van der Waals surface area contributed by atoms with E-state index in [0.717, 1.165) is 38.3 Å². The van der Waals surface area contributed by atoms with Crippen LogP contribution in [0.4, 0.5) is 5.82 Å². The minimum atomic E-state index is 0.141. The van der Waals surface area contributed by atoms with Crippen LogP contribution in [0.15, 0.2) is 12.3 Å². The first-order valence-electron chi connectivity index (χ1n) is 7.35. The summed E-state index contributed by atoms with van der Waals surface area (Å²) >= 11 is 0. The third-order valence-electron chi connectivity index (χ3n) is 4.36. The zero-order valence-electron chi connectivity index (χ0n) is 12.1. The van der Waals surface area contributed by atoms with E-state index in [-0.39, 0.29) is 17.9 Å². The normalized spacial score (nSPS) is 25.5. The number of hydrogen-bond acceptors (Lipinski definition) is 4. The van der Waals surface area contributed by atoms with E-state index in [2.05, 4.69) is 33.5 Å². The summed E-state index contributed by atoms with van der Waals surface area (Å²) in [5.74, 6) is 1.39. The van der Waals surface area contributed by atoms with E-state index in [1.807, 2.05) is 13.2 Å². The molecule has 2 atom stereocenters. The van der Waals surface area contributed by atoms with Gasteiger partial charge in [0.2, 0.25) is 5.91 Å². The van der Waals surface area contributed by atoms with Crippen molar-refractivity contribution in [3.63, 3.8) is 0 Å². The fourth-order valence-corrected chi connectivity index (χ4v) is 3.44. The monoisotopic (exact) mass is 274 g/mol. The Morgan fingerprint density at radius 1 is 1.55 bits per heavy atom. The van der Waals surface area contributed by atoms with Gasteiger partial charge in [0.05, 0.1) is 12.0 Å². The number of nitrogens with zero attached hydrogens (tertiary/aromatic N) is 2. The van der Waals surface area contributed by atoms with Gasteiger partial charge in [-0.15, -0.1) is 0 Å². The summed E-state index contributed by atoms with van der Waals surface area (Å²) in [6, 6.07) is 2.46. The summed E-state index contributed by atoms with van der Waals surface area (Å²) in [7, 11) is 1.94. The number of rotatable bonds is 3. The molecule has 3 heterocycles. The molecule has 20 heavy (non-hydrogen) atoms. The van der Waals surface area contributed by atoms with Crippen LogP contribution in [0.3, 0.4) is 0 Å². The van der Waals surface area contributed by atoms with Gasteiger partial charge in [-0.3, -0.25) is 4.79 Å². The second kappa shape index (κ2) is 5.40. The van der Waals surface area contributed by atoms with Gasteiger partial charge in [-0.05, 0) is 44.0 Å². The number of carbonyl (C=O) groups is 1. The maximum absolute atomic E-state index is 11.8. The van der Waals surface area contributed by atoms with Gasteiger partial charge >= 0.3 is 0 Å². The number of carbonyl (C=O) groups excluding carboxylic acids is 1. The van der Waals surface area contributed by atoms with Crippen molar-refractivity contribution in [3.05, 3.63) is 23.4 Å². The molecule has 2 fully saturated rings. The van der Waals surface area contributed by atoms with Gasteiger partial charge in [-0.2, -0.15) is 0 Å². The Balaban J connectivity index is 1.86. The third-order valence-corrected chi connectivity index (χ3v) is 4.36. The predicted octanol–water partition coefficient (Wildman–Crippen LogP) is 0.824. The molecule has 5 nitrogen and oxygen atoms in total. The summed E-state index contributed by atoms with van der Waals surface area (Å²) in [6.45, 7) is 4.69. The molecule has 0 aliphatic carbocycles. The molecule has 0 bridgehead atoms. The molecule has 2 aliphatic heterocycles. The second-order valence-electron chi connectivity index (χ2n) is 5.77. The summed E-state index contributed by atoms with van der Waals surface area (Å²) in [5.41, 5.74) is 2.39. The summed E-state index contributed by atoms with van der Waals surface area (Å²) in [6.07, 6.45) is 4.00. The standard InChI is InChI=1S/C15H22N4O/c1-10-6-11(7-16-2)8-17-14(10)19-5-3-4-12-13(19)9-18-15(12)20/h6,8,12-13,16H,3-5,7,9H2,1-2H3,(H,18,20). The first-order valence-corrected chi connectivity index (χ1v) is 7.35. The molecule has 5 heteroatoms. The molecule has 2 N–H and O–H groups in total. The van der Waals surface area contributed by atoms with Crippen molar-refractivity contribution in [2.75, 3.05) is 25.0 Å². The van der Waals surface area contributed by atoms with Crippen LogP contribution < -0.4 is 15.5 Å². The first-order chi connectivity index (χ1) is 9.70. The molecule has 0 aromatic carbocycles. The molecule has 1 aromatic rings. The molecular weight excluding hydrogens is 252 g/mol. The van der Waals surface area contributed by atoms with E-state index in [4.69, 9.17) is 0 Å². The Morgan fingerprint density at radius 2 is 2.40 bits per heavy atom. The van der Waals surface area contributed by atoms with Crippen molar-refractivity contribution in [2.45, 2.75) is 32.4 Å². The Kier molecular flexibility index (Phi) is 3.61. The van der Waals surface area contributed by atoms with Crippen LogP contribution >= 0.6 is 0 Å². The molecule has 2 aliphatic rings. The Bertz CT molecular complexity index is 517. The van der Waals surface area contributed by atoms with Gasteiger partial charge in [0.1, 0.15) is 5.82 Å². The number of anilines is 1. The lowest BCUT2D eigenvalue weighted by molar-refractivity contribution is -0.123. The fourth-order valence-electron chi connectivity index (χ4n) is 3.44. The highest BCUT2D eigenvalue weighted by Crippen LogP contribution is 2.32. The topological polar surface area (TPSA) is 57.3 Å². The van der Waals surface area contributed by atoms with Crippen molar-refractivity contribution in [1.29, 1.82) is 0 Å². The van der Waals surface area contributed by atoms with Crippen LogP contribution in [0.5, 0.6) is 0 Å². The van der Waals surface area contributed by atoms with E-state index in [1.165, 1.54) is 11.1 Å². The Morgan fingerprint density at radius 3 is 3.15 bits per heavy atom. The molecule has 2 saturated heterocycles. The van der Waals surface area contributed by atoms with Crippen molar-refractivity contribution in [3.8, 4) is 0 Å². The van der Waals surface area contributed by atoms with Crippen LogP contribution in [-0.2, 0) is 11.3 Å². The van der Waals surface area contributed by atoms with Crippen LogP contribution in [0.25, 0.3) is 0 Å². The van der Waals surface area contributed by atoms with Crippen LogP contribution in [0, 0.1) is 12.8 Å². The van der Waals surface area contributed by atoms with Gasteiger partial charge in [-0.25, -0.2) is 4.98 Å². The minimum absolute atomic E-state index is 0.141. The Labute approximate surface area is 119 Å². The number of hydrogen-bond donors (Lipinski definition) is 2. The predicted molar refractivity (Wildman–Crippen MR) is 78.6 cm³/mol. The van der Waals surface area contributed by atoms with E-state index in [1.54, 1.807) is 0 Å². The van der Waals surface area contributed by atoms with Crippen molar-refractivity contribution in [2.24, 2.45) is 5.92 Å². The maximum atomic E-state index is 11.8. The van der Waals surface area contributed by atoms with Gasteiger partial charge < -0.3 is 15.5 Å². The second-order valence-corrected chi connectivity index (χ2v) is 5.77. The van der Waals surface area contributed by atoms with Gasteiger partial charge in [0, 0.05) is 25.8 Å². The number of nitrogens with one attached hydrogen (secondary N) is 2. The fraction of sp³-hybridized carbons (Fsp3) is 0.600. The average Bonchev–Trinajstić information content (AvgIpc) is 2.82. The molecule has 0 spiro atoms. The Hall–Kier alpha value is -1.62. The van der Waals surface area contributed by atoms with Gasteiger partial charge in [0.25, 0.3) is 0 Å². The van der Waals surface area contributed by atoms with Crippen molar-refractivity contribution < 1.29 is 4.79 Å². The van der Waals surface area contributed by atoms with Gasteiger partial charge in [0.15, 0.2) is 0 Å². The summed E-state index contributed by atoms with van der Waals surface area (Å²) in [4.78, 5) is 18.8. The van der Waals surface area contributed by atoms with E-state index >= 15 is 0 Å². The molecule has 1 amide bonds. The zero-order valence-corrected chi connectivity index (χ0v) is 12.1. The molecule has 1 aromatic heterocycles. The highest BCUT2D eigenvalue weighted by molar-refractivity contribution is 5.83. The number of piperidine rings is 1. The highest BCUT2D eigenvalue weighted by atomic mass is 16.2. The zero-order chi connectivity index (χ0) is 14.1. The number of amides is 1. The minimum Gasteiger partial charge on any atom is -0.354 e. The molecule has 0 radical (unpaired) electrons. The number of aromatic nitrogens is 1. The SMILES string of the molecule is CNCc1cnc(N2CCCC3C(=O)NCC32)c(C)c1. The summed E-state index contributed by atoms with van der Waals surface area (Å²) in [5, 5.41) is 6.14. The van der Waals surface area contributed by atoms with E-state index in [9.17, 15) is 4.79 Å². The molecule has 3 rings (SSSR count). The third kappa shape index (κ3) is 2.26. The van der Waals surface area contributed by atoms with E-state index < -0.39 is 0 Å². The quantitative estimate of drug-likeness (QED) is 0.857. The van der Waals surface area contributed by atoms with Crippen molar-refractivity contribution >= 4 is 11.7 Å². The molecule has 108 valence electrons. The van der Waals surface area contributed by atoms with Crippen LogP contribution in [-0.4, -0.2) is 37.1 Å². The first kappa shape index (κ1) is 13.4. The highest BCUT2D eigenvalue weighted by Gasteiger charge is 2.41. The van der Waals surface area contributed by atoms with E-state index in [0.29, 0.717) is 0 Å². The molecule has 2 unspecified atom stereocenters. The van der Waals surface area contributed by atoms with Gasteiger partial charge in [-0.1, -0.05) is 0 Å². The average molecular weight is 274 g/mol. The van der Waals surface area contributed by atoms with Crippen LogP contribution in [0.1, 0.15) is 24.0 Å². The lowest BCUT2D eigenvalue weighted by Gasteiger charge is -2.37. The molecular formula is C15H22N4O. The number of fused-ring (bicyclic) bond motifs is 1. The van der Waals surface area contributed by atoms with Crippen molar-refractivity contribution in [1.82, 2.24) is 15.6 Å². The number of pyridine rings is 1. The summed E-state index contributed by atoms with van der Waals surface area (Å²) < 4.78 is 0. The van der Waals surface area contributed by atoms with Crippen LogP contribution in [0.2, 0.25) is 0 Å². The smallest absolute Gasteiger partial charge is 0.225 e.